The molecule has 2 heterocycles. The van der Waals surface area contributed by atoms with Crippen molar-refractivity contribution >= 4 is 10.9 Å². The van der Waals surface area contributed by atoms with Crippen molar-refractivity contribution < 1.29 is 4.74 Å². The summed E-state index contributed by atoms with van der Waals surface area (Å²) < 4.78 is 7.29. The number of aromatic nitrogens is 1. The molecule has 0 saturated carbocycles. The van der Waals surface area contributed by atoms with Gasteiger partial charge in [-0.25, -0.2) is 0 Å². The highest BCUT2D eigenvalue weighted by molar-refractivity contribution is 5.88. The van der Waals surface area contributed by atoms with Gasteiger partial charge in [-0.3, -0.25) is 0 Å². The Kier molecular flexibility index (Phi) is 4.78. The number of hydrogen-bond donors (Lipinski definition) is 1. The number of benzene rings is 5. The maximum absolute atomic E-state index is 7.29. The van der Waals surface area contributed by atoms with Gasteiger partial charge < -0.3 is 9.72 Å². The van der Waals surface area contributed by atoms with Crippen LogP contribution in [0.4, 0.5) is 0 Å². The first-order valence-corrected chi connectivity index (χ1v) is 12.4. The average molecular weight is 464 g/mol. The summed E-state index contributed by atoms with van der Waals surface area (Å²) in [4.78, 5) is 3.85. The van der Waals surface area contributed by atoms with Gasteiger partial charge in [-0.1, -0.05) is 127 Å². The zero-order valence-corrected chi connectivity index (χ0v) is 19.8. The normalized spacial score (nSPS) is 15.9. The third kappa shape index (κ3) is 3.04. The first-order chi connectivity index (χ1) is 17.9. The van der Waals surface area contributed by atoms with E-state index >= 15 is 0 Å². The van der Waals surface area contributed by atoms with Gasteiger partial charge in [0.25, 0.3) is 0 Å². The first kappa shape index (κ1) is 20.8. The Hall–Kier alpha value is -4.56. The molecule has 5 aromatic carbocycles. The van der Waals surface area contributed by atoms with Crippen LogP contribution in [0.5, 0.6) is 5.75 Å². The number of para-hydroxylation sites is 2. The van der Waals surface area contributed by atoms with Gasteiger partial charge in [0.05, 0.1) is 5.69 Å². The number of aromatic amines is 1. The maximum atomic E-state index is 7.29. The van der Waals surface area contributed by atoms with Crippen molar-refractivity contribution in [3.8, 4) is 5.75 Å². The minimum atomic E-state index is -0.851. The summed E-state index contributed by atoms with van der Waals surface area (Å²) in [7, 11) is 0. The molecule has 1 N–H and O–H groups in total. The molecule has 0 bridgehead atoms. The molecular formula is C34H25NO. The molecule has 6 aromatic rings. The van der Waals surface area contributed by atoms with E-state index in [0.29, 0.717) is 0 Å². The molecule has 7 rings (SSSR count). The van der Waals surface area contributed by atoms with E-state index in [-0.39, 0.29) is 5.92 Å². The van der Waals surface area contributed by atoms with Crippen LogP contribution in [-0.4, -0.2) is 4.98 Å². The summed E-state index contributed by atoms with van der Waals surface area (Å²) in [5, 5.41) is 1.22. The zero-order valence-electron chi connectivity index (χ0n) is 19.8. The fraction of sp³-hybridized carbons (Fsp3) is 0.0588. The molecule has 0 fully saturated rings. The number of nitrogens with one attached hydrogen (secondary N) is 1. The maximum Gasteiger partial charge on any atom is 0.199 e. The summed E-state index contributed by atoms with van der Waals surface area (Å²) in [6, 6.07) is 49.1. The molecule has 1 atom stereocenters. The van der Waals surface area contributed by atoms with Crippen LogP contribution >= 0.6 is 0 Å². The van der Waals surface area contributed by atoms with Crippen LogP contribution in [0.1, 0.15) is 39.4 Å². The Labute approximate surface area is 210 Å². The predicted octanol–water partition coefficient (Wildman–Crippen LogP) is 8.03. The molecule has 0 radical (unpaired) electrons. The van der Waals surface area contributed by atoms with E-state index in [9.17, 15) is 0 Å². The van der Waals surface area contributed by atoms with Gasteiger partial charge in [-0.05, 0) is 23.3 Å². The monoisotopic (exact) mass is 463 g/mol. The van der Waals surface area contributed by atoms with Gasteiger partial charge in [0, 0.05) is 33.5 Å². The van der Waals surface area contributed by atoms with Crippen molar-refractivity contribution in [2.24, 2.45) is 0 Å². The second kappa shape index (κ2) is 8.28. The largest absolute Gasteiger partial charge is 0.471 e. The third-order valence-electron chi connectivity index (χ3n) is 7.37. The standard InChI is InChI=1S/C34H25NO/c1-4-14-24(15-5-1)31-28-21-11-13-23-30(28)36-34(25-16-6-2-7-17-25,26-18-8-3-9-19-26)33-32(31)27-20-10-12-22-29(27)35-33/h1-23,31,35H. The minimum Gasteiger partial charge on any atom is -0.471 e. The molecule has 2 heteroatoms. The molecule has 0 aliphatic carbocycles. The van der Waals surface area contributed by atoms with Gasteiger partial charge >= 0.3 is 0 Å². The second-order valence-corrected chi connectivity index (χ2v) is 9.36. The number of ether oxygens (including phenoxy) is 1. The lowest BCUT2D eigenvalue weighted by Crippen LogP contribution is -2.36. The summed E-state index contributed by atoms with van der Waals surface area (Å²) >= 11 is 0. The average Bonchev–Trinajstić information content (AvgIpc) is 3.28. The Morgan fingerprint density at radius 2 is 1.11 bits per heavy atom. The van der Waals surface area contributed by atoms with E-state index in [2.05, 4.69) is 145 Å². The van der Waals surface area contributed by atoms with Crippen molar-refractivity contribution in [3.05, 3.63) is 173 Å². The highest BCUT2D eigenvalue weighted by Gasteiger charge is 2.47. The molecule has 1 aliphatic rings. The van der Waals surface area contributed by atoms with E-state index in [4.69, 9.17) is 4.74 Å². The summed E-state index contributed by atoms with van der Waals surface area (Å²) in [5.41, 5.74) is 7.19. The minimum absolute atomic E-state index is 0.0165. The molecule has 0 amide bonds. The van der Waals surface area contributed by atoms with Gasteiger partial charge in [-0.2, -0.15) is 0 Å². The molecule has 2 nitrogen and oxygen atoms in total. The summed E-state index contributed by atoms with van der Waals surface area (Å²) in [6.07, 6.45) is 0. The predicted molar refractivity (Wildman–Crippen MR) is 146 cm³/mol. The molecular weight excluding hydrogens is 438 g/mol. The van der Waals surface area contributed by atoms with E-state index in [1.165, 1.54) is 22.1 Å². The molecule has 1 aliphatic heterocycles. The number of hydrogen-bond acceptors (Lipinski definition) is 1. The summed E-state index contributed by atoms with van der Waals surface area (Å²) in [6.45, 7) is 0. The molecule has 1 unspecified atom stereocenters. The van der Waals surface area contributed by atoms with Crippen LogP contribution in [0.15, 0.2) is 140 Å². The van der Waals surface area contributed by atoms with Crippen LogP contribution in [0.3, 0.4) is 0 Å². The summed E-state index contributed by atoms with van der Waals surface area (Å²) in [5.74, 6) is 0.913. The van der Waals surface area contributed by atoms with Crippen LogP contribution in [0, 0.1) is 0 Å². The van der Waals surface area contributed by atoms with Gasteiger partial charge in [-0.15, -0.1) is 0 Å². The molecule has 0 saturated heterocycles. The smallest absolute Gasteiger partial charge is 0.199 e. The van der Waals surface area contributed by atoms with Crippen LogP contribution in [0.25, 0.3) is 10.9 Å². The second-order valence-electron chi connectivity index (χ2n) is 9.36. The molecule has 36 heavy (non-hydrogen) atoms. The zero-order chi connectivity index (χ0) is 24.0. The Bertz CT molecular complexity index is 1610. The molecule has 0 spiro atoms. The van der Waals surface area contributed by atoms with Gasteiger partial charge in [0.2, 0.25) is 0 Å². The van der Waals surface area contributed by atoms with Crippen molar-refractivity contribution in [2.45, 2.75) is 11.5 Å². The quantitative estimate of drug-likeness (QED) is 0.282. The molecule has 172 valence electrons. The van der Waals surface area contributed by atoms with Crippen molar-refractivity contribution in [3.63, 3.8) is 0 Å². The fourth-order valence-corrected chi connectivity index (χ4v) is 5.84. The lowest BCUT2D eigenvalue weighted by Gasteiger charge is -2.35. The topological polar surface area (TPSA) is 25.0 Å². The number of rotatable bonds is 3. The Morgan fingerprint density at radius 3 is 1.81 bits per heavy atom. The van der Waals surface area contributed by atoms with Gasteiger partial charge in [0.15, 0.2) is 5.60 Å². The van der Waals surface area contributed by atoms with Crippen molar-refractivity contribution in [1.29, 1.82) is 0 Å². The van der Waals surface area contributed by atoms with E-state index in [0.717, 1.165) is 28.1 Å². The lowest BCUT2D eigenvalue weighted by atomic mass is 9.77. The number of H-pyrrole nitrogens is 1. The fourth-order valence-electron chi connectivity index (χ4n) is 5.84. The Morgan fingerprint density at radius 1 is 0.556 bits per heavy atom. The third-order valence-corrected chi connectivity index (χ3v) is 7.37. The van der Waals surface area contributed by atoms with Crippen molar-refractivity contribution in [1.82, 2.24) is 4.98 Å². The highest BCUT2D eigenvalue weighted by atomic mass is 16.5. The Balaban J connectivity index is 1.69. The van der Waals surface area contributed by atoms with Crippen molar-refractivity contribution in [2.75, 3.05) is 0 Å². The van der Waals surface area contributed by atoms with Crippen LogP contribution in [0.2, 0.25) is 0 Å². The lowest BCUT2D eigenvalue weighted by molar-refractivity contribution is 0.152. The van der Waals surface area contributed by atoms with E-state index in [1.807, 2.05) is 0 Å². The van der Waals surface area contributed by atoms with E-state index < -0.39 is 5.60 Å². The first-order valence-electron chi connectivity index (χ1n) is 12.4. The van der Waals surface area contributed by atoms with E-state index in [1.54, 1.807) is 0 Å². The van der Waals surface area contributed by atoms with Crippen LogP contribution < -0.4 is 4.74 Å². The highest BCUT2D eigenvalue weighted by Crippen LogP contribution is 2.53. The number of fused-ring (bicyclic) bond motifs is 4. The van der Waals surface area contributed by atoms with Gasteiger partial charge in [0.1, 0.15) is 5.75 Å². The van der Waals surface area contributed by atoms with Crippen LogP contribution in [-0.2, 0) is 5.60 Å². The molecule has 1 aromatic heterocycles. The SMILES string of the molecule is c1ccc(C2c3ccccc3OC(c3ccccc3)(c3ccccc3)c3[nH]c4ccccc4c32)cc1.